The van der Waals surface area contributed by atoms with E-state index in [1.807, 2.05) is 6.92 Å². The van der Waals surface area contributed by atoms with Gasteiger partial charge in [0.25, 0.3) is 0 Å². The summed E-state index contributed by atoms with van der Waals surface area (Å²) in [6.07, 6.45) is -4.37. The van der Waals surface area contributed by atoms with Gasteiger partial charge in [-0.3, -0.25) is 14.3 Å². The van der Waals surface area contributed by atoms with Gasteiger partial charge in [0, 0.05) is 33.3 Å². The van der Waals surface area contributed by atoms with E-state index in [0.717, 1.165) is 21.9 Å². The first-order chi connectivity index (χ1) is 10.9. The van der Waals surface area contributed by atoms with Gasteiger partial charge in [0.2, 0.25) is 11.8 Å². The van der Waals surface area contributed by atoms with Crippen molar-refractivity contribution in [1.82, 2.24) is 19.6 Å². The zero-order chi connectivity index (χ0) is 18.7. The van der Waals surface area contributed by atoms with Crippen LogP contribution in [0, 0.1) is 13.8 Å². The van der Waals surface area contributed by atoms with Crippen molar-refractivity contribution in [3.63, 3.8) is 0 Å². The van der Waals surface area contributed by atoms with Gasteiger partial charge >= 0.3 is 6.18 Å². The van der Waals surface area contributed by atoms with Gasteiger partial charge in [-0.05, 0) is 25.8 Å². The van der Waals surface area contributed by atoms with Crippen LogP contribution in [0.15, 0.2) is 0 Å². The minimum atomic E-state index is -4.55. The molecule has 6 nitrogen and oxygen atoms in total. The lowest BCUT2D eigenvalue weighted by Gasteiger charge is -2.25. The standard InChI is InChI=1S/C15H23F3N4O2/c1-10-12(11(2)21(5)19-10)6-7-13(23)22(9-15(16,17)18)8-14(24)20(3)4/h6-9H2,1-5H3. The molecule has 1 heterocycles. The Labute approximate surface area is 139 Å². The van der Waals surface area contributed by atoms with Crippen molar-refractivity contribution in [1.29, 1.82) is 0 Å². The third-order valence-corrected chi connectivity index (χ3v) is 3.80. The highest BCUT2D eigenvalue weighted by Gasteiger charge is 2.34. The number of aryl methyl sites for hydroxylation is 2. The van der Waals surface area contributed by atoms with E-state index in [-0.39, 0.29) is 12.8 Å². The molecule has 0 unspecified atom stereocenters. The summed E-state index contributed by atoms with van der Waals surface area (Å²) in [5, 5.41) is 4.22. The van der Waals surface area contributed by atoms with Crippen molar-refractivity contribution < 1.29 is 22.8 Å². The lowest BCUT2D eigenvalue weighted by Crippen LogP contribution is -2.44. The molecule has 0 saturated carbocycles. The molecule has 0 N–H and O–H groups in total. The number of alkyl halides is 3. The quantitative estimate of drug-likeness (QED) is 0.782. The van der Waals surface area contributed by atoms with Gasteiger partial charge in [-0.25, -0.2) is 0 Å². The van der Waals surface area contributed by atoms with Gasteiger partial charge < -0.3 is 9.80 Å². The molecule has 1 aromatic heterocycles. The van der Waals surface area contributed by atoms with E-state index in [1.165, 1.54) is 14.1 Å². The Morgan fingerprint density at radius 3 is 2.17 bits per heavy atom. The lowest BCUT2D eigenvalue weighted by molar-refractivity contribution is -0.164. The number of hydrogen-bond donors (Lipinski definition) is 0. The number of likely N-dealkylation sites (N-methyl/N-ethyl adjacent to an activating group) is 1. The van der Waals surface area contributed by atoms with Crippen molar-refractivity contribution in [2.24, 2.45) is 7.05 Å². The van der Waals surface area contributed by atoms with Crippen LogP contribution >= 0.6 is 0 Å². The Kier molecular flexibility index (Phi) is 6.39. The molecule has 0 atom stereocenters. The average molecular weight is 348 g/mol. The Morgan fingerprint density at radius 2 is 1.75 bits per heavy atom. The van der Waals surface area contributed by atoms with Crippen LogP contribution in [-0.2, 0) is 23.1 Å². The molecule has 1 aromatic rings. The lowest BCUT2D eigenvalue weighted by atomic mass is 10.1. The Hall–Kier alpha value is -2.06. The Morgan fingerprint density at radius 1 is 1.17 bits per heavy atom. The van der Waals surface area contributed by atoms with Crippen molar-refractivity contribution in [3.05, 3.63) is 17.0 Å². The predicted molar refractivity (Wildman–Crippen MR) is 82.3 cm³/mol. The number of amides is 2. The zero-order valence-electron chi connectivity index (χ0n) is 14.6. The highest BCUT2D eigenvalue weighted by atomic mass is 19.4. The van der Waals surface area contributed by atoms with Crippen molar-refractivity contribution in [2.45, 2.75) is 32.9 Å². The molecule has 0 radical (unpaired) electrons. The van der Waals surface area contributed by atoms with Gasteiger partial charge in [-0.2, -0.15) is 18.3 Å². The largest absolute Gasteiger partial charge is 0.406 e. The zero-order valence-corrected chi connectivity index (χ0v) is 14.6. The molecule has 0 saturated heterocycles. The number of rotatable bonds is 6. The Bertz CT molecular complexity index is 609. The molecule has 0 aliphatic rings. The van der Waals surface area contributed by atoms with E-state index in [9.17, 15) is 22.8 Å². The third kappa shape index (κ3) is 5.54. The summed E-state index contributed by atoms with van der Waals surface area (Å²) in [6.45, 7) is 1.60. The molecule has 1 rings (SSSR count). The summed E-state index contributed by atoms with van der Waals surface area (Å²) in [6, 6.07) is 0. The summed E-state index contributed by atoms with van der Waals surface area (Å²) >= 11 is 0. The van der Waals surface area contributed by atoms with E-state index in [0.29, 0.717) is 4.90 Å². The summed E-state index contributed by atoms with van der Waals surface area (Å²) in [7, 11) is 4.63. The summed E-state index contributed by atoms with van der Waals surface area (Å²) in [5.41, 5.74) is 2.46. The van der Waals surface area contributed by atoms with E-state index in [4.69, 9.17) is 0 Å². The first-order valence-electron chi connectivity index (χ1n) is 7.46. The summed E-state index contributed by atoms with van der Waals surface area (Å²) < 4.78 is 39.7. The highest BCUT2D eigenvalue weighted by molar-refractivity contribution is 5.84. The van der Waals surface area contributed by atoms with E-state index in [2.05, 4.69) is 5.10 Å². The SMILES string of the molecule is Cc1nn(C)c(C)c1CCC(=O)N(CC(=O)N(C)C)CC(F)(F)F. The molecule has 0 fully saturated rings. The molecule has 2 amide bonds. The average Bonchev–Trinajstić information content (AvgIpc) is 2.67. The maximum Gasteiger partial charge on any atom is 0.406 e. The molecule has 0 bridgehead atoms. The van der Waals surface area contributed by atoms with Crippen LogP contribution < -0.4 is 0 Å². The molecule has 24 heavy (non-hydrogen) atoms. The highest BCUT2D eigenvalue weighted by Crippen LogP contribution is 2.19. The number of carbonyl (C=O) groups is 2. The van der Waals surface area contributed by atoms with Crippen molar-refractivity contribution >= 4 is 11.8 Å². The van der Waals surface area contributed by atoms with Gasteiger partial charge in [0.05, 0.1) is 5.69 Å². The number of halogens is 3. The van der Waals surface area contributed by atoms with Crippen LogP contribution in [0.2, 0.25) is 0 Å². The van der Waals surface area contributed by atoms with Crippen LogP contribution in [0.1, 0.15) is 23.4 Å². The second-order valence-electron chi connectivity index (χ2n) is 5.93. The fourth-order valence-corrected chi connectivity index (χ4v) is 2.32. The van der Waals surface area contributed by atoms with Crippen LogP contribution in [0.4, 0.5) is 13.2 Å². The van der Waals surface area contributed by atoms with Crippen molar-refractivity contribution in [2.75, 3.05) is 27.2 Å². The maximum atomic E-state index is 12.7. The summed E-state index contributed by atoms with van der Waals surface area (Å²) in [5.74, 6) is -1.26. The molecule has 136 valence electrons. The first kappa shape index (κ1) is 20.0. The van der Waals surface area contributed by atoms with E-state index in [1.54, 1.807) is 18.7 Å². The van der Waals surface area contributed by atoms with E-state index < -0.39 is 31.1 Å². The van der Waals surface area contributed by atoms with Gasteiger partial charge in [-0.15, -0.1) is 0 Å². The molecule has 0 aliphatic carbocycles. The fourth-order valence-electron chi connectivity index (χ4n) is 2.32. The number of hydrogen-bond acceptors (Lipinski definition) is 3. The third-order valence-electron chi connectivity index (χ3n) is 3.80. The first-order valence-corrected chi connectivity index (χ1v) is 7.46. The van der Waals surface area contributed by atoms with E-state index >= 15 is 0 Å². The van der Waals surface area contributed by atoms with Crippen LogP contribution in [-0.4, -0.2) is 64.8 Å². The second-order valence-corrected chi connectivity index (χ2v) is 5.93. The molecular formula is C15H23F3N4O2. The summed E-state index contributed by atoms with van der Waals surface area (Å²) in [4.78, 5) is 25.6. The van der Waals surface area contributed by atoms with Crippen LogP contribution in [0.25, 0.3) is 0 Å². The van der Waals surface area contributed by atoms with Gasteiger partial charge in [-0.1, -0.05) is 0 Å². The smallest absolute Gasteiger partial charge is 0.347 e. The minimum absolute atomic E-state index is 0.107. The molecule has 0 aromatic carbocycles. The topological polar surface area (TPSA) is 58.4 Å². The van der Waals surface area contributed by atoms with Gasteiger partial charge in [0.1, 0.15) is 13.1 Å². The number of aromatic nitrogens is 2. The molecule has 0 spiro atoms. The van der Waals surface area contributed by atoms with Crippen molar-refractivity contribution in [3.8, 4) is 0 Å². The normalized spacial score (nSPS) is 11.5. The van der Waals surface area contributed by atoms with Crippen LogP contribution in [0.5, 0.6) is 0 Å². The predicted octanol–water partition coefficient (Wildman–Crippen LogP) is 1.45. The Balaban J connectivity index is 2.81. The van der Waals surface area contributed by atoms with Gasteiger partial charge in [0.15, 0.2) is 0 Å². The monoisotopic (exact) mass is 348 g/mol. The number of carbonyl (C=O) groups excluding carboxylic acids is 2. The molecule has 9 heteroatoms. The fraction of sp³-hybridized carbons (Fsp3) is 0.667. The molecule has 0 aliphatic heterocycles. The maximum absolute atomic E-state index is 12.7. The molecular weight excluding hydrogens is 325 g/mol. The van der Waals surface area contributed by atoms with Crippen LogP contribution in [0.3, 0.4) is 0 Å². The number of nitrogens with zero attached hydrogens (tertiary/aromatic N) is 4. The second kappa shape index (κ2) is 7.67. The minimum Gasteiger partial charge on any atom is -0.347 e.